The number of aromatic carboxylic acids is 1. The fourth-order valence-corrected chi connectivity index (χ4v) is 1.66. The molecule has 1 aromatic carbocycles. The summed E-state index contributed by atoms with van der Waals surface area (Å²) in [5.41, 5.74) is 0.179. The second kappa shape index (κ2) is 8.77. The van der Waals surface area contributed by atoms with E-state index in [0.717, 1.165) is 0 Å². The fourth-order valence-electron chi connectivity index (χ4n) is 0.958. The van der Waals surface area contributed by atoms with Crippen molar-refractivity contribution in [1.29, 1.82) is 0 Å². The van der Waals surface area contributed by atoms with Gasteiger partial charge in [0, 0.05) is 0 Å². The van der Waals surface area contributed by atoms with Crippen LogP contribution < -0.4 is 0 Å². The van der Waals surface area contributed by atoms with Crippen LogP contribution in [-0.2, 0) is 0 Å². The van der Waals surface area contributed by atoms with E-state index in [4.69, 9.17) is 10.2 Å². The molecule has 4 heteroatoms. The molecule has 0 saturated carbocycles. The van der Waals surface area contributed by atoms with Gasteiger partial charge in [-0.2, -0.15) is 0 Å². The molecule has 0 amide bonds. The number of unbranched alkanes of at least 4 members (excludes halogenated alkanes) is 1. The van der Waals surface area contributed by atoms with Crippen LogP contribution in [-0.4, -0.2) is 44.1 Å². The van der Waals surface area contributed by atoms with E-state index in [-0.39, 0.29) is 11.3 Å². The minimum Gasteiger partial charge on any atom is -0.508 e. The topological polar surface area (TPSA) is 57.5 Å². The molecule has 1 aromatic rings. The van der Waals surface area contributed by atoms with E-state index < -0.39 is 5.97 Å². The Bertz CT molecular complexity index is 280. The molecule has 0 atom stereocenters. The van der Waals surface area contributed by atoms with E-state index in [9.17, 15) is 4.79 Å². The van der Waals surface area contributed by atoms with Crippen LogP contribution in [0, 0.1) is 0 Å². The van der Waals surface area contributed by atoms with Crippen LogP contribution in [0.2, 0.25) is 3.67 Å². The maximum absolute atomic E-state index is 10.2. The first-order chi connectivity index (χ1) is 7.11. The van der Waals surface area contributed by atoms with Crippen molar-refractivity contribution in [3.8, 4) is 5.75 Å². The van der Waals surface area contributed by atoms with Gasteiger partial charge in [-0.1, -0.05) is 0 Å². The van der Waals surface area contributed by atoms with E-state index in [1.807, 2.05) is 0 Å². The molecule has 0 radical (unpaired) electrons. The van der Waals surface area contributed by atoms with Crippen molar-refractivity contribution in [1.82, 2.24) is 0 Å². The van der Waals surface area contributed by atoms with Crippen molar-refractivity contribution >= 4 is 33.9 Å². The molecule has 0 fully saturated rings. The maximum atomic E-state index is 10.2. The number of phenols is 1. The molecule has 0 aliphatic heterocycles. The number of aromatic hydroxyl groups is 1. The molecule has 0 unspecified atom stereocenters. The molecule has 15 heavy (non-hydrogen) atoms. The molecule has 0 heterocycles. The Hall–Kier alpha value is -0.510. The molecular formula is C11H15NaO3. The van der Waals surface area contributed by atoms with Crippen LogP contribution in [0.25, 0.3) is 0 Å². The minimum atomic E-state index is -0.986. The first-order valence-corrected chi connectivity index (χ1v) is 6.55. The Kier molecular flexibility index (Phi) is 8.47. The molecule has 0 aliphatic rings. The zero-order valence-electron chi connectivity index (χ0n) is 9.23. The molecule has 0 aromatic heterocycles. The largest absolute Gasteiger partial charge is 0.508 e. The van der Waals surface area contributed by atoms with E-state index >= 15 is 0 Å². The van der Waals surface area contributed by atoms with Gasteiger partial charge in [0.2, 0.25) is 0 Å². The number of carboxylic acids is 1. The monoisotopic (exact) mass is 218 g/mol. The van der Waals surface area contributed by atoms with Gasteiger partial charge in [-0.3, -0.25) is 0 Å². The van der Waals surface area contributed by atoms with Gasteiger partial charge in [-0.05, 0) is 24.3 Å². The smallest absolute Gasteiger partial charge is 0.335 e. The molecule has 0 aliphatic carbocycles. The number of hydrogen-bond acceptors (Lipinski definition) is 2. The van der Waals surface area contributed by atoms with Crippen molar-refractivity contribution in [3.05, 3.63) is 29.8 Å². The summed E-state index contributed by atoms with van der Waals surface area (Å²) in [6.07, 6.45) is 2.83. The molecule has 3 nitrogen and oxygen atoms in total. The van der Waals surface area contributed by atoms with Crippen molar-refractivity contribution < 1.29 is 15.0 Å². The Balaban J connectivity index is 0.000000336. The van der Waals surface area contributed by atoms with Crippen molar-refractivity contribution in [2.45, 2.75) is 23.4 Å². The molecular weight excluding hydrogens is 203 g/mol. The van der Waals surface area contributed by atoms with Crippen molar-refractivity contribution in [2.75, 3.05) is 0 Å². The van der Waals surface area contributed by atoms with Crippen molar-refractivity contribution in [2.24, 2.45) is 0 Å². The predicted molar refractivity (Wildman–Crippen MR) is 60.5 cm³/mol. The summed E-state index contributed by atoms with van der Waals surface area (Å²) in [5.74, 6) is -0.912. The second-order valence-electron chi connectivity index (χ2n) is 3.21. The summed E-state index contributed by atoms with van der Waals surface area (Å²) in [5, 5.41) is 17.1. The van der Waals surface area contributed by atoms with Gasteiger partial charge >= 0.3 is 57.3 Å². The quantitative estimate of drug-likeness (QED) is 0.766. The number of benzene rings is 1. The third-order valence-electron chi connectivity index (χ3n) is 1.82. The second-order valence-corrected chi connectivity index (χ2v) is 4.21. The number of carbonyl (C=O) groups is 1. The van der Waals surface area contributed by atoms with Crippen LogP contribution in [0.15, 0.2) is 24.3 Å². The first kappa shape index (κ1) is 14.5. The van der Waals surface area contributed by atoms with Gasteiger partial charge in [0.25, 0.3) is 0 Å². The number of rotatable bonds is 3. The van der Waals surface area contributed by atoms with Gasteiger partial charge in [0.15, 0.2) is 0 Å². The normalized spacial score (nSPS) is 9.00. The Morgan fingerprint density at radius 1 is 1.33 bits per heavy atom. The number of phenolic OH excluding ortho intramolecular Hbond substituents is 1. The standard InChI is InChI=1S/C7H6O3.C4H9.Na/c8-6-3-1-5(2-4-6)7(9)10;1-3-4-2;/h1-4,8H,(H,9,10);1,3-4H2,2H3;. The summed E-state index contributed by atoms with van der Waals surface area (Å²) in [6, 6.07) is 5.36. The molecule has 0 bridgehead atoms. The predicted octanol–water partition coefficient (Wildman–Crippen LogP) is 2.46. The fraction of sp³-hybridized carbons (Fsp3) is 0.364. The van der Waals surface area contributed by atoms with Gasteiger partial charge in [0.1, 0.15) is 5.75 Å². The van der Waals surface area contributed by atoms with Crippen LogP contribution in [0.3, 0.4) is 0 Å². The molecule has 2 N–H and O–H groups in total. The van der Waals surface area contributed by atoms with Gasteiger partial charge in [-0.15, -0.1) is 0 Å². The van der Waals surface area contributed by atoms with Gasteiger partial charge in [-0.25, -0.2) is 4.79 Å². The SMILES string of the molecule is CCC[CH2][Na].O=C(O)c1ccc(O)cc1. The minimum absolute atomic E-state index is 0.0741. The maximum Gasteiger partial charge on any atom is 0.335 e. The average Bonchev–Trinajstić information content (AvgIpc) is 2.20. The summed E-state index contributed by atoms with van der Waals surface area (Å²) in [6.45, 7) is 2.23. The summed E-state index contributed by atoms with van der Waals surface area (Å²) in [4.78, 5) is 10.2. The Labute approximate surface area is 108 Å². The summed E-state index contributed by atoms with van der Waals surface area (Å²) < 4.78 is 1.48. The van der Waals surface area contributed by atoms with E-state index in [2.05, 4.69) is 6.92 Å². The number of hydrogen-bond donors (Lipinski definition) is 2. The van der Waals surface area contributed by atoms with Crippen LogP contribution in [0.1, 0.15) is 30.1 Å². The van der Waals surface area contributed by atoms with Gasteiger partial charge < -0.3 is 10.2 Å². The zero-order chi connectivity index (χ0) is 11.7. The Morgan fingerprint density at radius 3 is 2.13 bits per heavy atom. The van der Waals surface area contributed by atoms with E-state index in [1.54, 1.807) is 0 Å². The van der Waals surface area contributed by atoms with E-state index in [1.165, 1.54) is 68.7 Å². The van der Waals surface area contributed by atoms with E-state index in [0.29, 0.717) is 0 Å². The van der Waals surface area contributed by atoms with Crippen LogP contribution in [0.5, 0.6) is 5.75 Å². The number of carboxylic acid groups (broad SMARTS) is 1. The molecule has 0 spiro atoms. The molecule has 1 rings (SSSR count). The third-order valence-corrected chi connectivity index (χ3v) is 2.53. The zero-order valence-corrected chi connectivity index (χ0v) is 11.2. The van der Waals surface area contributed by atoms with Gasteiger partial charge in [0.05, 0.1) is 5.56 Å². The summed E-state index contributed by atoms with van der Waals surface area (Å²) >= 11 is 1.40. The Morgan fingerprint density at radius 2 is 1.87 bits per heavy atom. The van der Waals surface area contributed by atoms with Crippen LogP contribution in [0.4, 0.5) is 0 Å². The van der Waals surface area contributed by atoms with Crippen molar-refractivity contribution in [3.63, 3.8) is 0 Å². The first-order valence-electron chi connectivity index (χ1n) is 5.14. The average molecular weight is 218 g/mol. The van der Waals surface area contributed by atoms with Crippen LogP contribution >= 0.6 is 0 Å². The third kappa shape index (κ3) is 7.42. The molecule has 0 saturated heterocycles. The summed E-state index contributed by atoms with van der Waals surface area (Å²) in [7, 11) is 0. The molecule has 78 valence electrons.